The predicted octanol–water partition coefficient (Wildman–Crippen LogP) is 2.71. The summed E-state index contributed by atoms with van der Waals surface area (Å²) in [6.45, 7) is 1.26. The second kappa shape index (κ2) is 6.14. The van der Waals surface area contributed by atoms with Crippen LogP contribution in [0.5, 0.6) is 5.75 Å². The molecule has 0 aliphatic carbocycles. The number of nitro groups is 1. The minimum absolute atomic E-state index is 0.122. The fourth-order valence-corrected chi connectivity index (χ4v) is 1.60. The smallest absolute Gasteiger partial charge is 0.308 e. The van der Waals surface area contributed by atoms with Crippen LogP contribution in [0.4, 0.5) is 17.3 Å². The summed E-state index contributed by atoms with van der Waals surface area (Å²) in [5.74, 6) is -0.182. The number of halogens is 1. The van der Waals surface area contributed by atoms with E-state index in [4.69, 9.17) is 16.3 Å². The number of aromatic nitrogens is 2. The molecule has 0 radical (unpaired) electrons. The second-order valence-corrected chi connectivity index (χ2v) is 4.32. The van der Waals surface area contributed by atoms with E-state index in [-0.39, 0.29) is 17.4 Å². The monoisotopic (exact) mass is 308 g/mol. The van der Waals surface area contributed by atoms with Crippen molar-refractivity contribution in [1.29, 1.82) is 0 Å². The molecular formula is C12H9ClN4O4. The van der Waals surface area contributed by atoms with E-state index < -0.39 is 10.9 Å². The quantitative estimate of drug-likeness (QED) is 0.400. The molecule has 2 aromatic rings. The van der Waals surface area contributed by atoms with E-state index in [2.05, 4.69) is 15.3 Å². The third kappa shape index (κ3) is 3.86. The number of ether oxygens (including phenoxy) is 1. The molecule has 0 atom stereocenters. The van der Waals surface area contributed by atoms with Crippen molar-refractivity contribution < 1.29 is 14.5 Å². The first-order chi connectivity index (χ1) is 9.95. The van der Waals surface area contributed by atoms with Crippen molar-refractivity contribution in [2.24, 2.45) is 0 Å². The molecule has 1 heterocycles. The van der Waals surface area contributed by atoms with Gasteiger partial charge in [-0.2, -0.15) is 0 Å². The molecule has 8 nitrogen and oxygen atoms in total. The lowest BCUT2D eigenvalue weighted by Crippen LogP contribution is -2.05. The number of carbonyl (C=O) groups excluding carboxylic acids is 1. The molecule has 108 valence electrons. The van der Waals surface area contributed by atoms with Gasteiger partial charge in [-0.1, -0.05) is 11.6 Å². The summed E-state index contributed by atoms with van der Waals surface area (Å²) in [6.07, 6.45) is 2.13. The number of rotatable bonds is 4. The zero-order valence-electron chi connectivity index (χ0n) is 10.7. The lowest BCUT2D eigenvalue weighted by molar-refractivity contribution is -0.385. The highest BCUT2D eigenvalue weighted by molar-refractivity contribution is 6.30. The summed E-state index contributed by atoms with van der Waals surface area (Å²) >= 11 is 5.83. The summed E-state index contributed by atoms with van der Waals surface area (Å²) in [5, 5.41) is 13.7. The van der Waals surface area contributed by atoms with Crippen LogP contribution in [-0.2, 0) is 4.79 Å². The molecule has 0 aliphatic heterocycles. The fourth-order valence-electron chi connectivity index (χ4n) is 1.44. The molecule has 0 fully saturated rings. The van der Waals surface area contributed by atoms with E-state index in [0.29, 0.717) is 10.7 Å². The van der Waals surface area contributed by atoms with Crippen LogP contribution in [0.3, 0.4) is 0 Å². The van der Waals surface area contributed by atoms with Gasteiger partial charge in [0.1, 0.15) is 12.4 Å². The van der Waals surface area contributed by atoms with Gasteiger partial charge in [-0.15, -0.1) is 0 Å². The summed E-state index contributed by atoms with van der Waals surface area (Å²) in [7, 11) is 0. The van der Waals surface area contributed by atoms with Gasteiger partial charge in [0.2, 0.25) is 5.95 Å². The highest BCUT2D eigenvalue weighted by Crippen LogP contribution is 2.30. The molecule has 1 aromatic heterocycles. The molecule has 0 spiro atoms. The normalized spacial score (nSPS) is 10.0. The minimum Gasteiger partial charge on any atom is -0.424 e. The number of nitrogens with zero attached hydrogens (tertiary/aromatic N) is 3. The van der Waals surface area contributed by atoms with Gasteiger partial charge in [-0.3, -0.25) is 14.9 Å². The molecule has 9 heteroatoms. The third-order valence-electron chi connectivity index (χ3n) is 2.29. The first-order valence-corrected chi connectivity index (χ1v) is 6.05. The van der Waals surface area contributed by atoms with Crippen LogP contribution in [0.1, 0.15) is 6.92 Å². The van der Waals surface area contributed by atoms with Crippen molar-refractivity contribution >= 4 is 34.9 Å². The van der Waals surface area contributed by atoms with Crippen molar-refractivity contribution in [1.82, 2.24) is 9.97 Å². The molecule has 0 unspecified atom stereocenters. The molecule has 21 heavy (non-hydrogen) atoms. The maximum Gasteiger partial charge on any atom is 0.308 e. The summed E-state index contributed by atoms with van der Waals surface area (Å²) in [4.78, 5) is 28.6. The largest absolute Gasteiger partial charge is 0.424 e. The standard InChI is InChI=1S/C12H9ClN4O4/c1-7(18)21-11-4-8(13)2-3-10(11)16-12-14-5-9(6-15-12)17(19)20/h2-6H,1H3,(H,14,15,16). The number of esters is 1. The van der Waals surface area contributed by atoms with Crippen molar-refractivity contribution in [2.75, 3.05) is 5.32 Å². The minimum atomic E-state index is -0.601. The Morgan fingerprint density at radius 3 is 2.62 bits per heavy atom. The molecule has 0 saturated carbocycles. The lowest BCUT2D eigenvalue weighted by atomic mass is 10.3. The van der Waals surface area contributed by atoms with Crippen LogP contribution < -0.4 is 10.1 Å². The van der Waals surface area contributed by atoms with Crippen molar-refractivity contribution in [3.05, 3.63) is 45.7 Å². The number of hydrogen-bond acceptors (Lipinski definition) is 7. The molecular weight excluding hydrogens is 300 g/mol. The van der Waals surface area contributed by atoms with Gasteiger partial charge in [0, 0.05) is 18.0 Å². The van der Waals surface area contributed by atoms with E-state index in [1.54, 1.807) is 12.1 Å². The van der Waals surface area contributed by atoms with E-state index in [9.17, 15) is 14.9 Å². The lowest BCUT2D eigenvalue weighted by Gasteiger charge is -2.10. The second-order valence-electron chi connectivity index (χ2n) is 3.88. The van der Waals surface area contributed by atoms with Crippen LogP contribution in [0, 0.1) is 10.1 Å². The van der Waals surface area contributed by atoms with Crippen molar-refractivity contribution in [3.63, 3.8) is 0 Å². The Bertz CT molecular complexity index is 690. The van der Waals surface area contributed by atoms with Crippen LogP contribution >= 0.6 is 11.6 Å². The molecule has 2 rings (SSSR count). The number of nitrogens with one attached hydrogen (secondary N) is 1. The number of benzene rings is 1. The Labute approximate surface area is 123 Å². The molecule has 0 aliphatic rings. The van der Waals surface area contributed by atoms with E-state index in [1.807, 2.05) is 0 Å². The van der Waals surface area contributed by atoms with E-state index >= 15 is 0 Å². The molecule has 0 bridgehead atoms. The summed E-state index contributed by atoms with van der Waals surface area (Å²) in [6, 6.07) is 4.62. The van der Waals surface area contributed by atoms with Gasteiger partial charge in [0.25, 0.3) is 0 Å². The molecule has 0 amide bonds. The fraction of sp³-hybridized carbons (Fsp3) is 0.0833. The molecule has 1 aromatic carbocycles. The Morgan fingerprint density at radius 2 is 2.05 bits per heavy atom. The molecule has 0 saturated heterocycles. The Kier molecular flexibility index (Phi) is 4.29. The van der Waals surface area contributed by atoms with Crippen molar-refractivity contribution in [2.45, 2.75) is 6.92 Å². The zero-order chi connectivity index (χ0) is 15.4. The SMILES string of the molecule is CC(=O)Oc1cc(Cl)ccc1Nc1ncc([N+](=O)[O-])cn1. The zero-order valence-corrected chi connectivity index (χ0v) is 11.5. The summed E-state index contributed by atoms with van der Waals surface area (Å²) < 4.78 is 5.01. The van der Waals surface area contributed by atoms with Gasteiger partial charge < -0.3 is 10.1 Å². The van der Waals surface area contributed by atoms with E-state index in [0.717, 1.165) is 12.4 Å². The van der Waals surface area contributed by atoms with Gasteiger partial charge in [-0.05, 0) is 12.1 Å². The topological polar surface area (TPSA) is 107 Å². The Balaban J connectivity index is 2.26. The van der Waals surface area contributed by atoms with Crippen LogP contribution in [0.2, 0.25) is 5.02 Å². The number of anilines is 2. The van der Waals surface area contributed by atoms with Crippen LogP contribution in [-0.4, -0.2) is 20.9 Å². The Morgan fingerprint density at radius 1 is 1.38 bits per heavy atom. The van der Waals surface area contributed by atoms with Crippen molar-refractivity contribution in [3.8, 4) is 5.75 Å². The van der Waals surface area contributed by atoms with Gasteiger partial charge >= 0.3 is 11.7 Å². The average Bonchev–Trinajstić information content (AvgIpc) is 2.42. The maximum atomic E-state index is 11.0. The first-order valence-electron chi connectivity index (χ1n) is 5.67. The number of hydrogen-bond donors (Lipinski definition) is 1. The average molecular weight is 309 g/mol. The Hall–Kier alpha value is -2.74. The first kappa shape index (κ1) is 14.7. The highest BCUT2D eigenvalue weighted by atomic mass is 35.5. The predicted molar refractivity (Wildman–Crippen MR) is 74.7 cm³/mol. The third-order valence-corrected chi connectivity index (χ3v) is 2.53. The van der Waals surface area contributed by atoms with Gasteiger partial charge in [0.15, 0.2) is 5.75 Å². The maximum absolute atomic E-state index is 11.0. The van der Waals surface area contributed by atoms with Crippen LogP contribution in [0.15, 0.2) is 30.6 Å². The number of carbonyl (C=O) groups is 1. The van der Waals surface area contributed by atoms with Gasteiger partial charge in [0.05, 0.1) is 10.6 Å². The van der Waals surface area contributed by atoms with E-state index in [1.165, 1.54) is 13.0 Å². The summed E-state index contributed by atoms with van der Waals surface area (Å²) in [5.41, 5.74) is 0.181. The molecule has 1 N–H and O–H groups in total. The highest BCUT2D eigenvalue weighted by Gasteiger charge is 2.11. The van der Waals surface area contributed by atoms with Gasteiger partial charge in [-0.25, -0.2) is 9.97 Å². The van der Waals surface area contributed by atoms with Crippen LogP contribution in [0.25, 0.3) is 0 Å².